The second-order valence-corrected chi connectivity index (χ2v) is 6.22. The molecule has 2 aromatic rings. The van der Waals surface area contributed by atoms with Gasteiger partial charge in [0.05, 0.1) is 25.3 Å². The summed E-state index contributed by atoms with van der Waals surface area (Å²) in [7, 11) is 2.19. The molecule has 0 aliphatic carbocycles. The molecule has 0 unspecified atom stereocenters. The fourth-order valence-corrected chi connectivity index (χ4v) is 3.42. The van der Waals surface area contributed by atoms with Crippen LogP contribution in [-0.2, 0) is 11.3 Å². The molecule has 0 saturated carbocycles. The number of ether oxygens (including phenoxy) is 1. The fraction of sp³-hybridized carbons (Fsp3) is 0.471. The summed E-state index contributed by atoms with van der Waals surface area (Å²) in [5.41, 5.74) is 1.27. The number of benzene rings is 1. The fourth-order valence-electron chi connectivity index (χ4n) is 3.42. The van der Waals surface area contributed by atoms with Crippen LogP contribution in [0.15, 0.2) is 42.6 Å². The second-order valence-electron chi connectivity index (χ2n) is 6.22. The number of rotatable bonds is 3. The summed E-state index contributed by atoms with van der Waals surface area (Å²) in [5.74, 6) is 1.06. The molecule has 2 aliphatic heterocycles. The molecule has 2 fully saturated rings. The van der Waals surface area contributed by atoms with E-state index >= 15 is 0 Å². The first-order valence-corrected chi connectivity index (χ1v) is 7.94. The van der Waals surface area contributed by atoms with Crippen molar-refractivity contribution in [3.8, 4) is 0 Å². The summed E-state index contributed by atoms with van der Waals surface area (Å²) in [6, 6.07) is 13.0. The van der Waals surface area contributed by atoms with E-state index in [1.165, 1.54) is 5.56 Å². The normalized spacial score (nSPS) is 25.4. The number of hydrogen-bond donors (Lipinski definition) is 0. The van der Waals surface area contributed by atoms with E-state index in [9.17, 15) is 0 Å². The van der Waals surface area contributed by atoms with Crippen molar-refractivity contribution in [1.82, 2.24) is 14.7 Å². The van der Waals surface area contributed by atoms with Crippen LogP contribution in [-0.4, -0.2) is 60.1 Å². The lowest BCUT2D eigenvalue weighted by Gasteiger charge is -2.33. The Balaban J connectivity index is 1.46. The molecule has 2 aliphatic rings. The molecule has 1 aromatic heterocycles. The third-order valence-electron chi connectivity index (χ3n) is 4.72. The Morgan fingerprint density at radius 3 is 2.86 bits per heavy atom. The van der Waals surface area contributed by atoms with Crippen LogP contribution in [0.2, 0.25) is 0 Å². The molecule has 0 bridgehead atoms. The molecule has 5 heteroatoms. The predicted molar refractivity (Wildman–Crippen MR) is 86.1 cm³/mol. The quantitative estimate of drug-likeness (QED) is 0.859. The Kier molecular flexibility index (Phi) is 3.60. The molecule has 0 amide bonds. The maximum Gasteiger partial charge on any atom is 0.150 e. The van der Waals surface area contributed by atoms with Gasteiger partial charge in [-0.15, -0.1) is 0 Å². The number of aromatic nitrogens is 2. The van der Waals surface area contributed by atoms with Crippen molar-refractivity contribution in [2.24, 2.45) is 0 Å². The van der Waals surface area contributed by atoms with Gasteiger partial charge in [-0.05, 0) is 12.6 Å². The zero-order chi connectivity index (χ0) is 14.9. The largest absolute Gasteiger partial charge is 0.373 e. The van der Waals surface area contributed by atoms with Crippen LogP contribution in [0, 0.1) is 0 Å². The summed E-state index contributed by atoms with van der Waals surface area (Å²) in [6.45, 7) is 4.63. The summed E-state index contributed by atoms with van der Waals surface area (Å²) in [5, 5.41) is 4.74. The lowest BCUT2D eigenvalue weighted by atomic mass is 10.1. The van der Waals surface area contributed by atoms with Crippen molar-refractivity contribution in [2.75, 3.05) is 38.2 Å². The van der Waals surface area contributed by atoms with Gasteiger partial charge in [-0.1, -0.05) is 30.3 Å². The van der Waals surface area contributed by atoms with E-state index in [0.717, 1.165) is 38.6 Å². The van der Waals surface area contributed by atoms with Crippen molar-refractivity contribution >= 4 is 5.82 Å². The molecule has 0 radical (unpaired) electrons. The standard InChI is InChI=1S/C17H22N4O/c1-19-9-10-22-16-13-20(12-15(16)19)17-7-8-21(18-17)11-14-5-3-2-4-6-14/h2-8,15-16H,9-13H2,1H3/t15-,16+/m0/s1. The zero-order valence-corrected chi connectivity index (χ0v) is 12.9. The van der Waals surface area contributed by atoms with Crippen LogP contribution in [0.5, 0.6) is 0 Å². The van der Waals surface area contributed by atoms with E-state index in [4.69, 9.17) is 9.84 Å². The van der Waals surface area contributed by atoms with Crippen molar-refractivity contribution in [1.29, 1.82) is 0 Å². The van der Waals surface area contributed by atoms with Gasteiger partial charge in [0.2, 0.25) is 0 Å². The molecule has 0 N–H and O–H groups in total. The smallest absolute Gasteiger partial charge is 0.150 e. The molecule has 22 heavy (non-hydrogen) atoms. The number of nitrogens with zero attached hydrogens (tertiary/aromatic N) is 4. The molecular formula is C17H22N4O. The maximum absolute atomic E-state index is 5.91. The van der Waals surface area contributed by atoms with Crippen LogP contribution in [0.4, 0.5) is 5.82 Å². The molecule has 4 rings (SSSR count). The van der Waals surface area contributed by atoms with E-state index in [-0.39, 0.29) is 0 Å². The topological polar surface area (TPSA) is 33.5 Å². The van der Waals surface area contributed by atoms with Crippen LogP contribution in [0.25, 0.3) is 0 Å². The van der Waals surface area contributed by atoms with E-state index < -0.39 is 0 Å². The van der Waals surface area contributed by atoms with Gasteiger partial charge in [-0.25, -0.2) is 0 Å². The first-order chi connectivity index (χ1) is 10.8. The number of hydrogen-bond acceptors (Lipinski definition) is 4. The van der Waals surface area contributed by atoms with Gasteiger partial charge in [-0.2, -0.15) is 5.10 Å². The van der Waals surface area contributed by atoms with E-state index in [0.29, 0.717) is 12.1 Å². The summed E-state index contributed by atoms with van der Waals surface area (Å²) >= 11 is 0. The Morgan fingerprint density at radius 1 is 1.18 bits per heavy atom. The molecule has 116 valence electrons. The first-order valence-electron chi connectivity index (χ1n) is 7.94. The molecule has 3 heterocycles. The number of morpholine rings is 1. The van der Waals surface area contributed by atoms with Gasteiger partial charge < -0.3 is 9.64 Å². The SMILES string of the molecule is CN1CCO[C@@H]2CN(c3ccn(Cc4ccccc4)n3)C[C@@H]21. The Morgan fingerprint density at radius 2 is 2.05 bits per heavy atom. The van der Waals surface area contributed by atoms with E-state index in [1.54, 1.807) is 0 Å². The van der Waals surface area contributed by atoms with Gasteiger partial charge in [0.15, 0.2) is 5.82 Å². The predicted octanol–water partition coefficient (Wildman–Crippen LogP) is 1.45. The lowest BCUT2D eigenvalue weighted by molar-refractivity contribution is -0.0362. The van der Waals surface area contributed by atoms with Crippen molar-refractivity contribution in [3.05, 3.63) is 48.2 Å². The van der Waals surface area contributed by atoms with Gasteiger partial charge in [0.1, 0.15) is 0 Å². The van der Waals surface area contributed by atoms with Crippen LogP contribution in [0.1, 0.15) is 5.56 Å². The van der Waals surface area contributed by atoms with Crippen molar-refractivity contribution in [3.63, 3.8) is 0 Å². The maximum atomic E-state index is 5.91. The lowest BCUT2D eigenvalue weighted by Crippen LogP contribution is -2.48. The summed E-state index contributed by atoms with van der Waals surface area (Å²) in [4.78, 5) is 4.76. The highest BCUT2D eigenvalue weighted by Crippen LogP contribution is 2.25. The Bertz CT molecular complexity index is 627. The summed E-state index contributed by atoms with van der Waals surface area (Å²) in [6.07, 6.45) is 2.38. The highest BCUT2D eigenvalue weighted by Gasteiger charge is 2.39. The highest BCUT2D eigenvalue weighted by atomic mass is 16.5. The first kappa shape index (κ1) is 13.8. The minimum absolute atomic E-state index is 0.318. The second kappa shape index (κ2) is 5.74. The Labute approximate surface area is 131 Å². The van der Waals surface area contributed by atoms with Crippen LogP contribution >= 0.6 is 0 Å². The average Bonchev–Trinajstić information content (AvgIpc) is 3.15. The number of anilines is 1. The van der Waals surface area contributed by atoms with Crippen molar-refractivity contribution in [2.45, 2.75) is 18.7 Å². The molecule has 2 saturated heterocycles. The molecule has 0 spiro atoms. The molecular weight excluding hydrogens is 276 g/mol. The minimum atomic E-state index is 0.318. The van der Waals surface area contributed by atoms with Gasteiger partial charge in [0, 0.05) is 31.9 Å². The third-order valence-corrected chi connectivity index (χ3v) is 4.72. The van der Waals surface area contributed by atoms with Crippen molar-refractivity contribution < 1.29 is 4.74 Å². The monoisotopic (exact) mass is 298 g/mol. The van der Waals surface area contributed by atoms with Crippen LogP contribution < -0.4 is 4.90 Å². The highest BCUT2D eigenvalue weighted by molar-refractivity contribution is 5.40. The zero-order valence-electron chi connectivity index (χ0n) is 12.9. The molecule has 1 aromatic carbocycles. The van der Waals surface area contributed by atoms with Gasteiger partial charge in [-0.3, -0.25) is 9.58 Å². The third kappa shape index (κ3) is 2.62. The molecule has 5 nitrogen and oxygen atoms in total. The summed E-state index contributed by atoms with van der Waals surface area (Å²) < 4.78 is 7.92. The van der Waals surface area contributed by atoms with Gasteiger partial charge in [0.25, 0.3) is 0 Å². The molecule has 2 atom stereocenters. The number of fused-ring (bicyclic) bond motifs is 1. The van der Waals surface area contributed by atoms with Crippen LogP contribution in [0.3, 0.4) is 0 Å². The Hall–Kier alpha value is -1.85. The van der Waals surface area contributed by atoms with Gasteiger partial charge >= 0.3 is 0 Å². The van der Waals surface area contributed by atoms with E-state index in [1.807, 2.05) is 10.7 Å². The minimum Gasteiger partial charge on any atom is -0.373 e. The average molecular weight is 298 g/mol. The number of likely N-dealkylation sites (N-methyl/N-ethyl adjacent to an activating group) is 1. The van der Waals surface area contributed by atoms with E-state index in [2.05, 4.69) is 53.4 Å².